The van der Waals surface area contributed by atoms with Gasteiger partial charge in [-0.2, -0.15) is 0 Å². The molecule has 30 heavy (non-hydrogen) atoms. The minimum Gasteiger partial charge on any atom is -0.462 e. The average molecular weight is 455 g/mol. The molecule has 0 aliphatic carbocycles. The van der Waals surface area contributed by atoms with Crippen molar-refractivity contribution in [3.05, 3.63) is 0 Å². The Labute approximate surface area is 181 Å². The number of hydrogen-bond acceptors (Lipinski definition) is 7. The van der Waals surface area contributed by atoms with Gasteiger partial charge in [0.15, 0.2) is 6.10 Å². The predicted octanol–water partition coefficient (Wildman–Crippen LogP) is 3.44. The molecule has 178 valence electrons. The number of unbranched alkanes of at least 4 members (excludes halogenated alkanes) is 6. The molecule has 0 bridgehead atoms. The fraction of sp³-hybridized carbons (Fsp3) is 0.900. The average Bonchev–Trinajstić information content (AvgIpc) is 2.61. The van der Waals surface area contributed by atoms with Gasteiger partial charge in [-0.25, -0.2) is 4.57 Å². The van der Waals surface area contributed by atoms with Crippen LogP contribution in [0, 0.1) is 0 Å². The van der Waals surface area contributed by atoms with Crippen LogP contribution in [0.3, 0.4) is 0 Å². The number of nitrogens with zero attached hydrogens (tertiary/aromatic N) is 1. The molecule has 0 aliphatic rings. The maximum Gasteiger partial charge on any atom is 0.472 e. The third-order valence-electron chi connectivity index (χ3n) is 4.20. The van der Waals surface area contributed by atoms with Gasteiger partial charge in [0.1, 0.15) is 19.8 Å². The fourth-order valence-corrected chi connectivity index (χ4v) is 3.18. The Morgan fingerprint density at radius 1 is 0.967 bits per heavy atom. The Hall–Kier alpha value is -0.990. The standard InChI is InChI=1S/C20H40NO8P/c1-6-7-8-9-10-11-12-13-20(23)29-19(16-26-18(2)22)17-28-30(24,25)27-15-14-21(3,4)5/h19H,6-17H2,1-5H3/p+1/t19-/m1/s1. The van der Waals surface area contributed by atoms with E-state index in [4.69, 9.17) is 18.5 Å². The molecule has 0 rings (SSSR count). The molecular formula is C20H41NO8P+. The SMILES string of the molecule is CCCCCCCCCC(=O)O[C@H](COC(C)=O)COP(=O)(O)OCC[N+](C)(C)C. The van der Waals surface area contributed by atoms with Gasteiger partial charge >= 0.3 is 19.8 Å². The van der Waals surface area contributed by atoms with E-state index in [0.717, 1.165) is 19.3 Å². The van der Waals surface area contributed by atoms with E-state index in [0.29, 0.717) is 17.4 Å². The van der Waals surface area contributed by atoms with Gasteiger partial charge in [-0.3, -0.25) is 18.6 Å². The van der Waals surface area contributed by atoms with E-state index in [9.17, 15) is 19.0 Å². The third kappa shape index (κ3) is 19.0. The van der Waals surface area contributed by atoms with Crippen molar-refractivity contribution in [2.75, 3.05) is 47.5 Å². The van der Waals surface area contributed by atoms with Crippen molar-refractivity contribution in [2.45, 2.75) is 71.3 Å². The monoisotopic (exact) mass is 454 g/mol. The van der Waals surface area contributed by atoms with Gasteiger partial charge in [0.05, 0.1) is 27.7 Å². The highest BCUT2D eigenvalue weighted by atomic mass is 31.2. The lowest BCUT2D eigenvalue weighted by Gasteiger charge is -2.24. The lowest BCUT2D eigenvalue weighted by molar-refractivity contribution is -0.870. The van der Waals surface area contributed by atoms with Crippen LogP contribution in [0.25, 0.3) is 0 Å². The van der Waals surface area contributed by atoms with Crippen LogP contribution >= 0.6 is 7.82 Å². The summed E-state index contributed by atoms with van der Waals surface area (Å²) in [5.41, 5.74) is 0. The molecule has 0 aromatic rings. The first-order valence-corrected chi connectivity index (χ1v) is 12.2. The third-order valence-corrected chi connectivity index (χ3v) is 5.18. The summed E-state index contributed by atoms with van der Waals surface area (Å²) in [6, 6.07) is 0. The quantitative estimate of drug-likeness (QED) is 0.145. The van der Waals surface area contributed by atoms with Gasteiger partial charge in [0, 0.05) is 13.3 Å². The molecular weight excluding hydrogens is 413 g/mol. The summed E-state index contributed by atoms with van der Waals surface area (Å²) < 4.78 is 32.6. The van der Waals surface area contributed by atoms with Crippen molar-refractivity contribution in [3.8, 4) is 0 Å². The molecule has 0 heterocycles. The topological polar surface area (TPSA) is 108 Å². The Bertz CT molecular complexity index is 535. The zero-order chi connectivity index (χ0) is 23.0. The Morgan fingerprint density at radius 2 is 1.57 bits per heavy atom. The summed E-state index contributed by atoms with van der Waals surface area (Å²) in [5, 5.41) is 0. The molecule has 0 aromatic heterocycles. The zero-order valence-corrected chi connectivity index (χ0v) is 20.2. The summed E-state index contributed by atoms with van der Waals surface area (Å²) >= 11 is 0. The molecule has 0 amide bonds. The van der Waals surface area contributed by atoms with Crippen LogP contribution in [0.4, 0.5) is 0 Å². The lowest BCUT2D eigenvalue weighted by atomic mass is 10.1. The maximum atomic E-state index is 12.1. The van der Waals surface area contributed by atoms with E-state index >= 15 is 0 Å². The van der Waals surface area contributed by atoms with E-state index in [2.05, 4.69) is 6.92 Å². The maximum absolute atomic E-state index is 12.1. The summed E-state index contributed by atoms with van der Waals surface area (Å²) in [7, 11) is 1.46. The number of phosphoric acid groups is 1. The van der Waals surface area contributed by atoms with Crippen LogP contribution in [0.15, 0.2) is 0 Å². The molecule has 0 aromatic carbocycles. The van der Waals surface area contributed by atoms with Gasteiger partial charge in [0.2, 0.25) is 0 Å². The summed E-state index contributed by atoms with van der Waals surface area (Å²) in [6.45, 7) is 3.27. The van der Waals surface area contributed by atoms with E-state index in [1.165, 1.54) is 26.2 Å². The molecule has 0 fully saturated rings. The predicted molar refractivity (Wildman–Crippen MR) is 114 cm³/mol. The Kier molecular flexibility index (Phi) is 15.2. The Morgan fingerprint density at radius 3 is 2.13 bits per heavy atom. The largest absolute Gasteiger partial charge is 0.472 e. The van der Waals surface area contributed by atoms with E-state index in [-0.39, 0.29) is 19.6 Å². The highest BCUT2D eigenvalue weighted by Crippen LogP contribution is 2.43. The number of esters is 2. The van der Waals surface area contributed by atoms with Gasteiger partial charge < -0.3 is 18.9 Å². The molecule has 0 radical (unpaired) electrons. The van der Waals surface area contributed by atoms with Crippen molar-refractivity contribution >= 4 is 19.8 Å². The normalized spacial score (nSPS) is 14.7. The molecule has 9 nitrogen and oxygen atoms in total. The van der Waals surface area contributed by atoms with Gasteiger partial charge in [0.25, 0.3) is 0 Å². The second kappa shape index (κ2) is 15.8. The fourth-order valence-electron chi connectivity index (χ4n) is 2.44. The van der Waals surface area contributed by atoms with Crippen LogP contribution in [0.1, 0.15) is 65.2 Å². The first kappa shape index (κ1) is 29.0. The van der Waals surface area contributed by atoms with Crippen LogP contribution in [0.5, 0.6) is 0 Å². The molecule has 0 aliphatic heterocycles. The second-order valence-electron chi connectivity index (χ2n) is 8.40. The highest BCUT2D eigenvalue weighted by molar-refractivity contribution is 7.47. The number of ether oxygens (including phenoxy) is 2. The van der Waals surface area contributed by atoms with Gasteiger partial charge in [-0.05, 0) is 6.42 Å². The summed E-state index contributed by atoms with van der Waals surface area (Å²) in [4.78, 5) is 32.9. The van der Waals surface area contributed by atoms with Crippen LogP contribution in [-0.4, -0.2) is 74.9 Å². The summed E-state index contributed by atoms with van der Waals surface area (Å²) in [5.74, 6) is -1.00. The number of carbonyl (C=O) groups excluding carboxylic acids is 2. The lowest BCUT2D eigenvalue weighted by Crippen LogP contribution is -2.37. The molecule has 1 unspecified atom stereocenters. The van der Waals surface area contributed by atoms with Crippen molar-refractivity contribution in [2.24, 2.45) is 0 Å². The smallest absolute Gasteiger partial charge is 0.462 e. The zero-order valence-electron chi connectivity index (χ0n) is 19.3. The van der Waals surface area contributed by atoms with Crippen LogP contribution in [0.2, 0.25) is 0 Å². The minimum absolute atomic E-state index is 0.0317. The van der Waals surface area contributed by atoms with E-state index < -0.39 is 32.5 Å². The first-order chi connectivity index (χ1) is 13.9. The molecule has 1 N–H and O–H groups in total. The second-order valence-corrected chi connectivity index (χ2v) is 9.85. The number of carbonyl (C=O) groups is 2. The first-order valence-electron chi connectivity index (χ1n) is 10.7. The van der Waals surface area contributed by atoms with Crippen molar-refractivity contribution in [3.63, 3.8) is 0 Å². The van der Waals surface area contributed by atoms with Crippen LogP contribution in [-0.2, 0) is 32.7 Å². The van der Waals surface area contributed by atoms with E-state index in [1.807, 2.05) is 21.1 Å². The van der Waals surface area contributed by atoms with Crippen molar-refractivity contribution in [1.82, 2.24) is 0 Å². The van der Waals surface area contributed by atoms with Crippen molar-refractivity contribution in [1.29, 1.82) is 0 Å². The molecule has 0 saturated carbocycles. The van der Waals surface area contributed by atoms with Crippen molar-refractivity contribution < 1.29 is 42.1 Å². The summed E-state index contributed by atoms with van der Waals surface area (Å²) in [6.07, 6.45) is 6.77. The minimum atomic E-state index is -4.30. The van der Waals surface area contributed by atoms with Gasteiger partial charge in [-0.15, -0.1) is 0 Å². The Balaban J connectivity index is 4.36. The molecule has 2 atom stereocenters. The molecule has 10 heteroatoms. The van der Waals surface area contributed by atoms with Gasteiger partial charge in [-0.1, -0.05) is 45.4 Å². The number of phosphoric ester groups is 1. The number of likely N-dealkylation sites (N-methyl/N-ethyl adjacent to an activating group) is 1. The van der Waals surface area contributed by atoms with Crippen LogP contribution < -0.4 is 0 Å². The van der Waals surface area contributed by atoms with E-state index in [1.54, 1.807) is 0 Å². The number of hydrogen-bond donors (Lipinski definition) is 1. The molecule has 0 saturated heterocycles. The highest BCUT2D eigenvalue weighted by Gasteiger charge is 2.26. The number of quaternary nitrogens is 1. The molecule has 0 spiro atoms. The number of rotatable bonds is 18.